The molecule has 0 bridgehead atoms. The summed E-state index contributed by atoms with van der Waals surface area (Å²) < 4.78 is 10.6. The zero-order valence-electron chi connectivity index (χ0n) is 11.6. The Balaban J connectivity index is 2.00. The molecule has 2 aromatic rings. The first-order valence-corrected chi connectivity index (χ1v) is 7.06. The number of carboxylic acid groups (broad SMARTS) is 1. The molecule has 0 unspecified atom stereocenters. The van der Waals surface area contributed by atoms with Crippen LogP contribution in [-0.4, -0.2) is 23.2 Å². The second-order valence-corrected chi connectivity index (χ2v) is 5.05. The van der Waals surface area contributed by atoms with Crippen LogP contribution >= 0.6 is 11.3 Å². The summed E-state index contributed by atoms with van der Waals surface area (Å²) in [5, 5.41) is 19.8. The molecule has 0 atom stereocenters. The van der Waals surface area contributed by atoms with E-state index >= 15 is 0 Å². The number of methoxy groups -OCH3 is 1. The molecule has 0 fully saturated rings. The fourth-order valence-corrected chi connectivity index (χ4v) is 2.23. The third-order valence-electron chi connectivity index (χ3n) is 2.63. The van der Waals surface area contributed by atoms with Gasteiger partial charge in [0.1, 0.15) is 34.8 Å². The largest absolute Gasteiger partial charge is 0.497 e. The number of nitrogens with zero attached hydrogens (tertiary/aromatic N) is 2. The number of ether oxygens (including phenoxy) is 2. The molecule has 1 aromatic carbocycles. The van der Waals surface area contributed by atoms with Gasteiger partial charge in [0.05, 0.1) is 12.8 Å². The molecule has 0 radical (unpaired) electrons. The van der Waals surface area contributed by atoms with Crippen molar-refractivity contribution in [3.8, 4) is 17.6 Å². The van der Waals surface area contributed by atoms with Crippen molar-refractivity contribution in [3.05, 3.63) is 45.9 Å². The van der Waals surface area contributed by atoms with Gasteiger partial charge in [-0.2, -0.15) is 5.26 Å². The van der Waals surface area contributed by atoms with Gasteiger partial charge in [-0.05, 0) is 30.3 Å². The molecule has 1 heterocycles. The lowest BCUT2D eigenvalue weighted by Gasteiger charge is -2.04. The van der Waals surface area contributed by atoms with Gasteiger partial charge in [-0.15, -0.1) is 11.3 Å². The van der Waals surface area contributed by atoms with Gasteiger partial charge < -0.3 is 14.6 Å². The summed E-state index contributed by atoms with van der Waals surface area (Å²) >= 11 is 1.33. The lowest BCUT2D eigenvalue weighted by atomic mass is 10.2. The Morgan fingerprint density at radius 2 is 2.09 bits per heavy atom. The molecule has 6 nitrogen and oxygen atoms in total. The number of rotatable bonds is 6. The van der Waals surface area contributed by atoms with E-state index in [9.17, 15) is 4.79 Å². The number of carboxylic acids is 1. The van der Waals surface area contributed by atoms with Crippen molar-refractivity contribution >= 4 is 23.4 Å². The molecule has 0 spiro atoms. The number of hydrogen-bond donors (Lipinski definition) is 1. The van der Waals surface area contributed by atoms with Crippen LogP contribution in [0.4, 0.5) is 0 Å². The number of aromatic nitrogens is 1. The van der Waals surface area contributed by atoms with Gasteiger partial charge in [-0.3, -0.25) is 0 Å². The SMILES string of the molecule is COc1ccc(OCc2nc(/C=C(/C#N)C(=O)O)cs2)cc1. The minimum absolute atomic E-state index is 0.264. The normalized spacial score (nSPS) is 10.8. The molecule has 0 amide bonds. The maximum Gasteiger partial charge on any atom is 0.346 e. The number of hydrogen-bond acceptors (Lipinski definition) is 6. The highest BCUT2D eigenvalue weighted by molar-refractivity contribution is 7.09. The number of thiazole rings is 1. The summed E-state index contributed by atoms with van der Waals surface area (Å²) in [5.74, 6) is 0.148. The predicted octanol–water partition coefficient (Wildman–Crippen LogP) is 2.72. The highest BCUT2D eigenvalue weighted by Gasteiger charge is 2.08. The summed E-state index contributed by atoms with van der Waals surface area (Å²) in [5.41, 5.74) is 0.0743. The van der Waals surface area contributed by atoms with E-state index in [0.717, 1.165) is 5.75 Å². The molecule has 1 aromatic heterocycles. The smallest absolute Gasteiger partial charge is 0.346 e. The van der Waals surface area contributed by atoms with Crippen LogP contribution in [0.5, 0.6) is 11.5 Å². The highest BCUT2D eigenvalue weighted by Crippen LogP contribution is 2.19. The number of aliphatic carboxylic acids is 1. The molecule has 0 aliphatic rings. The minimum atomic E-state index is -1.27. The molecule has 22 heavy (non-hydrogen) atoms. The van der Waals surface area contributed by atoms with Gasteiger partial charge in [-0.25, -0.2) is 9.78 Å². The van der Waals surface area contributed by atoms with Gasteiger partial charge in [0.15, 0.2) is 0 Å². The van der Waals surface area contributed by atoms with E-state index in [-0.39, 0.29) is 12.2 Å². The molecule has 0 saturated heterocycles. The van der Waals surface area contributed by atoms with Crippen molar-refractivity contribution < 1.29 is 19.4 Å². The molecule has 2 rings (SSSR count). The average Bonchev–Trinajstić information content (AvgIpc) is 2.98. The highest BCUT2D eigenvalue weighted by atomic mass is 32.1. The van der Waals surface area contributed by atoms with E-state index in [1.165, 1.54) is 17.4 Å². The number of nitriles is 1. The van der Waals surface area contributed by atoms with E-state index in [4.69, 9.17) is 19.8 Å². The molecule has 0 saturated carbocycles. The number of benzene rings is 1. The van der Waals surface area contributed by atoms with E-state index in [1.807, 2.05) is 0 Å². The average molecular weight is 316 g/mol. The zero-order chi connectivity index (χ0) is 15.9. The Labute approximate surface area is 130 Å². The summed E-state index contributed by atoms with van der Waals surface area (Å²) in [6.07, 6.45) is 1.23. The molecular formula is C15H12N2O4S. The monoisotopic (exact) mass is 316 g/mol. The van der Waals surface area contributed by atoms with E-state index in [0.29, 0.717) is 16.5 Å². The number of carbonyl (C=O) groups is 1. The zero-order valence-corrected chi connectivity index (χ0v) is 12.5. The van der Waals surface area contributed by atoms with E-state index in [2.05, 4.69) is 4.98 Å². The van der Waals surface area contributed by atoms with Crippen molar-refractivity contribution in [1.29, 1.82) is 5.26 Å². The van der Waals surface area contributed by atoms with Crippen LogP contribution in [-0.2, 0) is 11.4 Å². The summed E-state index contributed by atoms with van der Waals surface area (Å²) in [4.78, 5) is 15.0. The quantitative estimate of drug-likeness (QED) is 0.650. The Morgan fingerprint density at radius 3 is 2.68 bits per heavy atom. The first-order chi connectivity index (χ1) is 10.6. The summed E-state index contributed by atoms with van der Waals surface area (Å²) in [7, 11) is 1.59. The Kier molecular flexibility index (Phi) is 5.11. The molecule has 7 heteroatoms. The third kappa shape index (κ3) is 4.07. The predicted molar refractivity (Wildman–Crippen MR) is 80.7 cm³/mol. The fourth-order valence-electron chi connectivity index (χ4n) is 1.56. The fraction of sp³-hybridized carbons (Fsp3) is 0.133. The summed E-state index contributed by atoms with van der Waals surface area (Å²) in [6, 6.07) is 8.76. The van der Waals surface area contributed by atoms with E-state index in [1.54, 1.807) is 42.8 Å². The van der Waals surface area contributed by atoms with Crippen molar-refractivity contribution in [3.63, 3.8) is 0 Å². The van der Waals surface area contributed by atoms with Crippen molar-refractivity contribution in [2.75, 3.05) is 7.11 Å². The Morgan fingerprint density at radius 1 is 1.41 bits per heavy atom. The first-order valence-electron chi connectivity index (χ1n) is 6.18. The molecule has 112 valence electrons. The van der Waals surface area contributed by atoms with E-state index < -0.39 is 5.97 Å². The van der Waals surface area contributed by atoms with Crippen LogP contribution in [0.3, 0.4) is 0 Å². The van der Waals surface area contributed by atoms with Gasteiger partial charge in [0, 0.05) is 5.38 Å². The summed E-state index contributed by atoms with van der Waals surface area (Å²) in [6.45, 7) is 0.264. The molecule has 1 N–H and O–H groups in total. The van der Waals surface area contributed by atoms with Crippen molar-refractivity contribution in [2.24, 2.45) is 0 Å². The molecular weight excluding hydrogens is 304 g/mol. The lowest BCUT2D eigenvalue weighted by molar-refractivity contribution is -0.132. The van der Waals surface area contributed by atoms with Crippen LogP contribution in [0.25, 0.3) is 6.08 Å². The maximum absolute atomic E-state index is 10.8. The van der Waals surface area contributed by atoms with Crippen LogP contribution < -0.4 is 9.47 Å². The topological polar surface area (TPSA) is 92.4 Å². The minimum Gasteiger partial charge on any atom is -0.497 e. The van der Waals surface area contributed by atoms with Crippen molar-refractivity contribution in [1.82, 2.24) is 4.98 Å². The van der Waals surface area contributed by atoms with Gasteiger partial charge in [0.2, 0.25) is 0 Å². The Hall–Kier alpha value is -2.85. The van der Waals surface area contributed by atoms with Crippen LogP contribution in [0.2, 0.25) is 0 Å². The molecule has 0 aliphatic carbocycles. The van der Waals surface area contributed by atoms with Crippen molar-refractivity contribution in [2.45, 2.75) is 6.61 Å². The maximum atomic E-state index is 10.8. The van der Waals surface area contributed by atoms with Crippen LogP contribution in [0.15, 0.2) is 35.2 Å². The first kappa shape index (κ1) is 15.5. The standard InChI is InChI=1S/C15H12N2O4S/c1-20-12-2-4-13(5-3-12)21-8-14-17-11(9-22-14)6-10(7-16)15(18)19/h2-6,9H,8H2,1H3,(H,18,19)/b10-6-. The van der Waals surface area contributed by atoms with Gasteiger partial charge in [-0.1, -0.05) is 0 Å². The Bertz CT molecular complexity index is 729. The second-order valence-electron chi connectivity index (χ2n) is 4.11. The van der Waals surface area contributed by atoms with Gasteiger partial charge in [0.25, 0.3) is 0 Å². The van der Waals surface area contributed by atoms with Crippen LogP contribution in [0.1, 0.15) is 10.7 Å². The van der Waals surface area contributed by atoms with Gasteiger partial charge >= 0.3 is 5.97 Å². The second kappa shape index (κ2) is 7.24. The van der Waals surface area contributed by atoms with Crippen LogP contribution in [0, 0.1) is 11.3 Å². The third-order valence-corrected chi connectivity index (χ3v) is 3.47. The molecule has 0 aliphatic heterocycles. The lowest BCUT2D eigenvalue weighted by Crippen LogP contribution is -1.98.